The Balaban J connectivity index is 2.83. The molecule has 1 aromatic rings. The van der Waals surface area contributed by atoms with Crippen LogP contribution in [0.1, 0.15) is 11.7 Å². The quantitative estimate of drug-likeness (QED) is 0.568. The lowest BCUT2D eigenvalue weighted by Crippen LogP contribution is -2.09. The van der Waals surface area contributed by atoms with Crippen LogP contribution in [-0.2, 0) is 9.47 Å². The van der Waals surface area contributed by atoms with Gasteiger partial charge >= 0.3 is 6.16 Å². The molecule has 0 aliphatic carbocycles. The first-order chi connectivity index (χ1) is 7.17. The monoisotopic (exact) mass is 210 g/mol. The van der Waals surface area contributed by atoms with Crippen LogP contribution in [0.15, 0.2) is 36.9 Å². The number of carbonyl (C=O) groups excluding carboxylic acids is 1. The minimum Gasteiger partial charge on any atom is -0.438 e. The number of carbonyl (C=O) groups is 1. The number of hydrogen-bond acceptors (Lipinski definition) is 3. The molecule has 15 heavy (non-hydrogen) atoms. The first-order valence-corrected chi connectivity index (χ1v) is 4.30. The highest BCUT2D eigenvalue weighted by atomic mass is 19.1. The van der Waals surface area contributed by atoms with E-state index < -0.39 is 18.1 Å². The lowest BCUT2D eigenvalue weighted by atomic mass is 10.1. The predicted octanol–water partition coefficient (Wildman–Crippen LogP) is 2.84. The molecule has 0 saturated heterocycles. The normalized spacial score (nSPS) is 11.6. The minimum absolute atomic E-state index is 0.396. The topological polar surface area (TPSA) is 35.5 Å². The molecule has 4 heteroatoms. The summed E-state index contributed by atoms with van der Waals surface area (Å²) in [6, 6.07) is 5.75. The van der Waals surface area contributed by atoms with Crippen molar-refractivity contribution in [2.24, 2.45) is 0 Å². The number of hydrogen-bond donors (Lipinski definition) is 0. The fraction of sp³-hybridized carbons (Fsp3) is 0.182. The second kappa shape index (κ2) is 5.14. The fourth-order valence-corrected chi connectivity index (χ4v) is 1.09. The Morgan fingerprint density at radius 3 is 2.87 bits per heavy atom. The largest absolute Gasteiger partial charge is 0.508 e. The fourth-order valence-electron chi connectivity index (χ4n) is 1.09. The van der Waals surface area contributed by atoms with Gasteiger partial charge in [-0.05, 0) is 23.8 Å². The van der Waals surface area contributed by atoms with E-state index in [2.05, 4.69) is 11.3 Å². The summed E-state index contributed by atoms with van der Waals surface area (Å²) >= 11 is 0. The summed E-state index contributed by atoms with van der Waals surface area (Å²) in [6.45, 7) is 3.50. The molecule has 3 nitrogen and oxygen atoms in total. The van der Waals surface area contributed by atoms with Crippen molar-refractivity contribution in [1.29, 1.82) is 0 Å². The van der Waals surface area contributed by atoms with E-state index >= 15 is 0 Å². The molecule has 0 amide bonds. The van der Waals surface area contributed by atoms with Gasteiger partial charge in [-0.1, -0.05) is 18.7 Å². The summed E-state index contributed by atoms with van der Waals surface area (Å²) in [5.74, 6) is -0.396. The smallest absolute Gasteiger partial charge is 0.438 e. The molecule has 1 unspecified atom stereocenters. The number of benzene rings is 1. The third kappa shape index (κ3) is 3.09. The third-order valence-corrected chi connectivity index (χ3v) is 1.78. The minimum atomic E-state index is -0.829. The van der Waals surface area contributed by atoms with Gasteiger partial charge in [-0.25, -0.2) is 9.18 Å². The van der Waals surface area contributed by atoms with E-state index in [1.165, 1.54) is 31.4 Å². The van der Waals surface area contributed by atoms with Gasteiger partial charge in [-0.15, -0.1) is 0 Å². The number of methoxy groups -OCH3 is 1. The molecule has 1 rings (SSSR count). The Morgan fingerprint density at radius 2 is 2.33 bits per heavy atom. The van der Waals surface area contributed by atoms with E-state index in [0.29, 0.717) is 5.56 Å². The highest BCUT2D eigenvalue weighted by Crippen LogP contribution is 2.19. The van der Waals surface area contributed by atoms with Gasteiger partial charge in [-0.3, -0.25) is 0 Å². The van der Waals surface area contributed by atoms with Crippen LogP contribution in [0.3, 0.4) is 0 Å². The molecule has 0 heterocycles. The number of ether oxygens (including phenoxy) is 2. The van der Waals surface area contributed by atoms with Gasteiger partial charge in [0.15, 0.2) is 0 Å². The zero-order valence-corrected chi connectivity index (χ0v) is 8.27. The van der Waals surface area contributed by atoms with Crippen molar-refractivity contribution >= 4 is 6.16 Å². The lowest BCUT2D eigenvalue weighted by molar-refractivity contribution is 0.0522. The summed E-state index contributed by atoms with van der Waals surface area (Å²) in [5, 5.41) is 0. The first kappa shape index (κ1) is 11.2. The van der Waals surface area contributed by atoms with Gasteiger partial charge in [0.2, 0.25) is 0 Å². The summed E-state index contributed by atoms with van der Waals surface area (Å²) in [6.07, 6.45) is -0.136. The van der Waals surface area contributed by atoms with Gasteiger partial charge in [-0.2, -0.15) is 0 Å². The van der Waals surface area contributed by atoms with Crippen LogP contribution >= 0.6 is 0 Å². The van der Waals surface area contributed by atoms with Crippen LogP contribution in [-0.4, -0.2) is 13.3 Å². The summed E-state index contributed by atoms with van der Waals surface area (Å²) < 4.78 is 22.1. The number of halogens is 1. The van der Waals surface area contributed by atoms with Gasteiger partial charge in [0.1, 0.15) is 11.9 Å². The van der Waals surface area contributed by atoms with Crippen molar-refractivity contribution in [1.82, 2.24) is 0 Å². The molecule has 0 radical (unpaired) electrons. The van der Waals surface area contributed by atoms with Crippen LogP contribution in [0, 0.1) is 5.82 Å². The van der Waals surface area contributed by atoms with Crippen molar-refractivity contribution < 1.29 is 18.7 Å². The maximum atomic E-state index is 12.9. The molecule has 0 N–H and O–H groups in total. The molecule has 0 aromatic heterocycles. The Morgan fingerprint density at radius 1 is 1.60 bits per heavy atom. The molecule has 1 aromatic carbocycles. The van der Waals surface area contributed by atoms with Crippen LogP contribution in [0.25, 0.3) is 0 Å². The highest BCUT2D eigenvalue weighted by molar-refractivity contribution is 5.60. The maximum absolute atomic E-state index is 12.9. The third-order valence-electron chi connectivity index (χ3n) is 1.78. The van der Waals surface area contributed by atoms with Crippen molar-refractivity contribution in [3.8, 4) is 0 Å². The van der Waals surface area contributed by atoms with E-state index in [0.717, 1.165) is 0 Å². The molecular formula is C11H11FO3. The molecule has 0 aliphatic rings. The second-order valence-corrected chi connectivity index (χ2v) is 2.78. The van der Waals surface area contributed by atoms with E-state index in [9.17, 15) is 9.18 Å². The van der Waals surface area contributed by atoms with E-state index in [1.54, 1.807) is 6.07 Å². The van der Waals surface area contributed by atoms with Crippen molar-refractivity contribution in [2.45, 2.75) is 6.10 Å². The average molecular weight is 210 g/mol. The van der Waals surface area contributed by atoms with Crippen molar-refractivity contribution in [3.63, 3.8) is 0 Å². The van der Waals surface area contributed by atoms with Gasteiger partial charge in [0.25, 0.3) is 0 Å². The zero-order valence-electron chi connectivity index (χ0n) is 8.27. The van der Waals surface area contributed by atoms with Gasteiger partial charge in [0, 0.05) is 0 Å². The van der Waals surface area contributed by atoms with Gasteiger partial charge < -0.3 is 9.47 Å². The zero-order chi connectivity index (χ0) is 11.3. The number of rotatable bonds is 3. The van der Waals surface area contributed by atoms with Gasteiger partial charge in [0.05, 0.1) is 7.11 Å². The Hall–Kier alpha value is -1.84. The molecule has 0 aliphatic heterocycles. The van der Waals surface area contributed by atoms with Crippen LogP contribution < -0.4 is 0 Å². The second-order valence-electron chi connectivity index (χ2n) is 2.78. The van der Waals surface area contributed by atoms with Crippen molar-refractivity contribution in [3.05, 3.63) is 48.3 Å². The summed E-state index contributed by atoms with van der Waals surface area (Å²) in [4.78, 5) is 10.9. The standard InChI is InChI=1S/C11H11FO3/c1-3-10(15-11(13)14-2)8-5-4-6-9(12)7-8/h3-7,10H,1H2,2H3. The van der Waals surface area contributed by atoms with E-state index in [4.69, 9.17) is 4.74 Å². The Kier molecular flexibility index (Phi) is 3.85. The molecule has 80 valence electrons. The van der Waals surface area contributed by atoms with Crippen LogP contribution in [0.4, 0.5) is 9.18 Å². The van der Waals surface area contributed by atoms with Crippen LogP contribution in [0.5, 0.6) is 0 Å². The average Bonchev–Trinajstić information content (AvgIpc) is 2.25. The predicted molar refractivity (Wildman–Crippen MR) is 52.8 cm³/mol. The highest BCUT2D eigenvalue weighted by Gasteiger charge is 2.13. The molecule has 0 fully saturated rings. The van der Waals surface area contributed by atoms with Crippen LogP contribution in [0.2, 0.25) is 0 Å². The SMILES string of the molecule is C=CC(OC(=O)OC)c1cccc(F)c1. The molecule has 1 atom stereocenters. The molecule has 0 saturated carbocycles. The first-order valence-electron chi connectivity index (χ1n) is 4.30. The molecule has 0 bridgehead atoms. The van der Waals surface area contributed by atoms with E-state index in [1.807, 2.05) is 0 Å². The van der Waals surface area contributed by atoms with E-state index in [-0.39, 0.29) is 0 Å². The molecule has 0 spiro atoms. The summed E-state index contributed by atoms with van der Waals surface area (Å²) in [5.41, 5.74) is 0.510. The summed E-state index contributed by atoms with van der Waals surface area (Å²) in [7, 11) is 1.20. The van der Waals surface area contributed by atoms with Crippen molar-refractivity contribution in [2.75, 3.05) is 7.11 Å². The lowest BCUT2D eigenvalue weighted by Gasteiger charge is -2.12. The Labute approximate surface area is 87.1 Å². The molecular weight excluding hydrogens is 199 g/mol. The Bertz CT molecular complexity index is 363. The maximum Gasteiger partial charge on any atom is 0.508 e.